The number of halogens is 1. The second-order valence-corrected chi connectivity index (χ2v) is 6.29. The third kappa shape index (κ3) is 3.17. The zero-order valence-corrected chi connectivity index (χ0v) is 14.6. The number of rotatable bonds is 3. The van der Waals surface area contributed by atoms with Crippen LogP contribution >= 0.6 is 11.6 Å². The van der Waals surface area contributed by atoms with Gasteiger partial charge in [-0.05, 0) is 18.2 Å². The average molecular weight is 359 g/mol. The Hall–Kier alpha value is -3.17. The summed E-state index contributed by atoms with van der Waals surface area (Å²) in [5, 5.41) is 0.570. The largest absolute Gasteiger partial charge is 0.269 e. The average Bonchev–Trinajstić information content (AvgIpc) is 2.68. The Bertz CT molecular complexity index is 1110. The molecule has 0 N–H and O–H groups in total. The van der Waals surface area contributed by atoms with Crippen LogP contribution in [0.3, 0.4) is 0 Å². The monoisotopic (exact) mass is 358 g/mol. The Morgan fingerprint density at radius 1 is 0.731 bits per heavy atom. The molecule has 126 valence electrons. The summed E-state index contributed by atoms with van der Waals surface area (Å²) in [5.41, 5.74) is 2.95. The second kappa shape index (κ2) is 6.98. The fraction of sp³-hybridized carbons (Fsp3) is 0. The summed E-state index contributed by atoms with van der Waals surface area (Å²) in [5.74, 6) is 0.583. The summed E-state index contributed by atoms with van der Waals surface area (Å²) in [4.78, 5) is 17.8. The Balaban J connectivity index is 2.01. The van der Waals surface area contributed by atoms with E-state index in [1.165, 1.54) is 0 Å². The minimum Gasteiger partial charge on any atom is -0.269 e. The molecule has 0 radical (unpaired) electrons. The van der Waals surface area contributed by atoms with Crippen molar-refractivity contribution >= 4 is 11.6 Å². The summed E-state index contributed by atoms with van der Waals surface area (Å²) < 4.78 is 1.59. The maximum Gasteiger partial charge on any atom is 0.258 e. The van der Waals surface area contributed by atoms with E-state index in [2.05, 4.69) is 0 Å². The summed E-state index contributed by atoms with van der Waals surface area (Å²) >= 11 is 6.14. The molecule has 26 heavy (non-hydrogen) atoms. The SMILES string of the molecule is O=c1cc(-c2ccccc2)nc(-c2ccccc2)n1-c1cccc(Cl)c1. The highest BCUT2D eigenvalue weighted by Gasteiger charge is 2.13. The molecule has 0 spiro atoms. The first kappa shape index (κ1) is 16.3. The molecule has 0 aliphatic carbocycles. The summed E-state index contributed by atoms with van der Waals surface area (Å²) in [6, 6.07) is 28.2. The molecule has 0 unspecified atom stereocenters. The topological polar surface area (TPSA) is 34.9 Å². The molecular formula is C22H15ClN2O. The highest BCUT2D eigenvalue weighted by Crippen LogP contribution is 2.24. The van der Waals surface area contributed by atoms with E-state index in [4.69, 9.17) is 16.6 Å². The molecule has 0 atom stereocenters. The minimum atomic E-state index is -0.153. The van der Waals surface area contributed by atoms with Crippen molar-refractivity contribution in [2.45, 2.75) is 0 Å². The summed E-state index contributed by atoms with van der Waals surface area (Å²) in [7, 11) is 0. The van der Waals surface area contributed by atoms with Crippen LogP contribution in [0.25, 0.3) is 28.3 Å². The first-order valence-electron chi connectivity index (χ1n) is 8.23. The Morgan fingerprint density at radius 2 is 1.38 bits per heavy atom. The van der Waals surface area contributed by atoms with Gasteiger partial charge in [-0.3, -0.25) is 9.36 Å². The Morgan fingerprint density at radius 3 is 2.04 bits per heavy atom. The van der Waals surface area contributed by atoms with Crippen molar-refractivity contribution in [3.63, 3.8) is 0 Å². The predicted molar refractivity (Wildman–Crippen MR) is 106 cm³/mol. The molecule has 4 aromatic rings. The van der Waals surface area contributed by atoms with Crippen LogP contribution in [0, 0.1) is 0 Å². The lowest BCUT2D eigenvalue weighted by atomic mass is 10.1. The first-order chi connectivity index (χ1) is 12.7. The quantitative estimate of drug-likeness (QED) is 0.503. The minimum absolute atomic E-state index is 0.153. The van der Waals surface area contributed by atoms with Gasteiger partial charge in [-0.25, -0.2) is 4.98 Å². The maximum atomic E-state index is 13.0. The van der Waals surface area contributed by atoms with Crippen molar-refractivity contribution in [3.8, 4) is 28.3 Å². The molecule has 0 saturated carbocycles. The van der Waals surface area contributed by atoms with E-state index < -0.39 is 0 Å². The van der Waals surface area contributed by atoms with Gasteiger partial charge in [-0.15, -0.1) is 0 Å². The van der Waals surface area contributed by atoms with Gasteiger partial charge in [0.2, 0.25) is 0 Å². The van der Waals surface area contributed by atoms with Crippen molar-refractivity contribution < 1.29 is 0 Å². The summed E-state index contributed by atoms with van der Waals surface area (Å²) in [6.45, 7) is 0. The van der Waals surface area contributed by atoms with Crippen LogP contribution in [0.2, 0.25) is 5.02 Å². The molecule has 0 amide bonds. The normalized spacial score (nSPS) is 10.7. The highest BCUT2D eigenvalue weighted by atomic mass is 35.5. The van der Waals surface area contributed by atoms with Crippen molar-refractivity contribution in [1.82, 2.24) is 9.55 Å². The molecular weight excluding hydrogens is 344 g/mol. The number of hydrogen-bond acceptors (Lipinski definition) is 2. The molecule has 1 aromatic heterocycles. The van der Waals surface area contributed by atoms with Gasteiger partial charge in [-0.2, -0.15) is 0 Å². The van der Waals surface area contributed by atoms with Crippen LogP contribution in [0.4, 0.5) is 0 Å². The van der Waals surface area contributed by atoms with E-state index in [1.54, 1.807) is 22.8 Å². The molecule has 4 heteroatoms. The number of aromatic nitrogens is 2. The molecule has 0 aliphatic heterocycles. The van der Waals surface area contributed by atoms with Gasteiger partial charge in [0.05, 0.1) is 11.4 Å². The number of hydrogen-bond donors (Lipinski definition) is 0. The van der Waals surface area contributed by atoms with Crippen molar-refractivity contribution in [3.05, 3.63) is 106 Å². The molecule has 0 saturated heterocycles. The molecule has 0 fully saturated rings. The van der Waals surface area contributed by atoms with Crippen LogP contribution in [-0.4, -0.2) is 9.55 Å². The van der Waals surface area contributed by atoms with Gasteiger partial charge in [0.1, 0.15) is 5.82 Å². The third-order valence-electron chi connectivity index (χ3n) is 4.09. The lowest BCUT2D eigenvalue weighted by Gasteiger charge is -2.14. The standard InChI is InChI=1S/C22H15ClN2O/c23-18-12-7-13-19(14-18)25-21(26)15-20(16-8-3-1-4-9-16)24-22(25)17-10-5-2-6-11-17/h1-15H. The lowest BCUT2D eigenvalue weighted by Crippen LogP contribution is -2.21. The zero-order chi connectivity index (χ0) is 17.9. The van der Waals surface area contributed by atoms with E-state index in [9.17, 15) is 4.79 Å². The molecule has 0 aliphatic rings. The predicted octanol–water partition coefficient (Wildman–Crippen LogP) is 5.22. The van der Waals surface area contributed by atoms with Crippen LogP contribution in [0.5, 0.6) is 0 Å². The summed E-state index contributed by atoms with van der Waals surface area (Å²) in [6.07, 6.45) is 0. The van der Waals surface area contributed by atoms with E-state index in [0.717, 1.165) is 11.1 Å². The number of nitrogens with zero attached hydrogens (tertiary/aromatic N) is 2. The van der Waals surface area contributed by atoms with E-state index >= 15 is 0 Å². The van der Waals surface area contributed by atoms with Crippen LogP contribution < -0.4 is 5.56 Å². The van der Waals surface area contributed by atoms with Gasteiger partial charge < -0.3 is 0 Å². The van der Waals surface area contributed by atoms with Crippen molar-refractivity contribution in [1.29, 1.82) is 0 Å². The maximum absolute atomic E-state index is 13.0. The number of benzene rings is 3. The van der Waals surface area contributed by atoms with E-state index in [1.807, 2.05) is 72.8 Å². The van der Waals surface area contributed by atoms with Crippen molar-refractivity contribution in [2.75, 3.05) is 0 Å². The van der Waals surface area contributed by atoms with Crippen molar-refractivity contribution in [2.24, 2.45) is 0 Å². The molecule has 4 rings (SSSR count). The highest BCUT2D eigenvalue weighted by molar-refractivity contribution is 6.30. The molecule has 3 nitrogen and oxygen atoms in total. The zero-order valence-electron chi connectivity index (χ0n) is 13.8. The van der Waals surface area contributed by atoms with Gasteiger partial charge in [0.15, 0.2) is 0 Å². The van der Waals surface area contributed by atoms with E-state index in [0.29, 0.717) is 22.2 Å². The fourth-order valence-corrected chi connectivity index (χ4v) is 3.07. The molecule has 3 aromatic carbocycles. The first-order valence-corrected chi connectivity index (χ1v) is 8.61. The van der Waals surface area contributed by atoms with Gasteiger partial charge in [-0.1, -0.05) is 78.3 Å². The fourth-order valence-electron chi connectivity index (χ4n) is 2.88. The van der Waals surface area contributed by atoms with Gasteiger partial charge >= 0.3 is 0 Å². The van der Waals surface area contributed by atoms with E-state index in [-0.39, 0.29) is 5.56 Å². The molecule has 0 bridgehead atoms. The lowest BCUT2D eigenvalue weighted by molar-refractivity contribution is 0.952. The third-order valence-corrected chi connectivity index (χ3v) is 4.32. The van der Waals surface area contributed by atoms with Crippen LogP contribution in [0.15, 0.2) is 95.8 Å². The Labute approximate surface area is 156 Å². The van der Waals surface area contributed by atoms with Gasteiger partial charge in [0.25, 0.3) is 5.56 Å². The smallest absolute Gasteiger partial charge is 0.258 e. The molecule has 1 heterocycles. The van der Waals surface area contributed by atoms with Gasteiger partial charge in [0, 0.05) is 22.2 Å². The second-order valence-electron chi connectivity index (χ2n) is 5.85. The van der Waals surface area contributed by atoms with Crippen LogP contribution in [-0.2, 0) is 0 Å². The Kier molecular flexibility index (Phi) is 4.38. The van der Waals surface area contributed by atoms with Crippen LogP contribution in [0.1, 0.15) is 0 Å².